The summed E-state index contributed by atoms with van der Waals surface area (Å²) in [5.41, 5.74) is 0.960. The van der Waals surface area contributed by atoms with Gasteiger partial charge in [-0.15, -0.1) is 0 Å². The minimum Gasteiger partial charge on any atom is -0.444 e. The number of benzene rings is 1. The first-order valence-corrected chi connectivity index (χ1v) is 8.39. The highest BCUT2D eigenvalue weighted by Gasteiger charge is 2.47. The Morgan fingerprint density at radius 1 is 1.26 bits per heavy atom. The molecule has 1 fully saturated rings. The lowest BCUT2D eigenvalue weighted by atomic mass is 9.75. The SMILES string of the molecule is CC(C)(C)OC(=O)N1CCC2(CC1)Cc1cc(Cl)ccc1C2=O. The number of rotatable bonds is 0. The molecule has 1 spiro atoms. The fourth-order valence-corrected chi connectivity index (χ4v) is 3.70. The Morgan fingerprint density at radius 3 is 2.52 bits per heavy atom. The Hall–Kier alpha value is -1.55. The van der Waals surface area contributed by atoms with E-state index in [1.54, 1.807) is 11.0 Å². The van der Waals surface area contributed by atoms with Gasteiger partial charge in [-0.25, -0.2) is 4.79 Å². The lowest BCUT2D eigenvalue weighted by Gasteiger charge is -2.38. The van der Waals surface area contributed by atoms with E-state index in [4.69, 9.17) is 16.3 Å². The van der Waals surface area contributed by atoms with Crippen molar-refractivity contribution in [2.75, 3.05) is 13.1 Å². The van der Waals surface area contributed by atoms with E-state index in [2.05, 4.69) is 0 Å². The maximum absolute atomic E-state index is 12.8. The number of amides is 1. The summed E-state index contributed by atoms with van der Waals surface area (Å²) in [4.78, 5) is 26.7. The van der Waals surface area contributed by atoms with Gasteiger partial charge in [-0.3, -0.25) is 4.79 Å². The van der Waals surface area contributed by atoms with Crippen molar-refractivity contribution in [3.8, 4) is 0 Å². The quantitative estimate of drug-likeness (QED) is 0.717. The van der Waals surface area contributed by atoms with E-state index in [0.717, 1.165) is 17.5 Å². The standard InChI is InChI=1S/C18H22ClNO3/c1-17(2,3)23-16(22)20-8-6-18(7-9-20)11-12-10-13(19)4-5-14(12)15(18)21/h4-5,10H,6-9,11H2,1-3H3. The van der Waals surface area contributed by atoms with Crippen LogP contribution in [0, 0.1) is 5.41 Å². The van der Waals surface area contributed by atoms with Gasteiger partial charge in [0.25, 0.3) is 0 Å². The summed E-state index contributed by atoms with van der Waals surface area (Å²) in [6, 6.07) is 5.49. The van der Waals surface area contributed by atoms with Crippen molar-refractivity contribution in [3.63, 3.8) is 0 Å². The van der Waals surface area contributed by atoms with Crippen molar-refractivity contribution in [2.45, 2.75) is 45.6 Å². The molecule has 0 atom stereocenters. The number of carbonyl (C=O) groups excluding carboxylic acids is 2. The average Bonchev–Trinajstić information content (AvgIpc) is 2.70. The van der Waals surface area contributed by atoms with Gasteiger partial charge in [0.1, 0.15) is 5.60 Å². The third kappa shape index (κ3) is 3.09. The summed E-state index contributed by atoms with van der Waals surface area (Å²) in [6.07, 6.45) is 1.79. The number of carbonyl (C=O) groups is 2. The number of hydrogen-bond acceptors (Lipinski definition) is 3. The number of nitrogens with zero attached hydrogens (tertiary/aromatic N) is 1. The summed E-state index contributed by atoms with van der Waals surface area (Å²) < 4.78 is 5.42. The number of ketones is 1. The minimum absolute atomic E-state index is 0.202. The van der Waals surface area contributed by atoms with Gasteiger partial charge in [-0.1, -0.05) is 11.6 Å². The second-order valence-corrected chi connectivity index (χ2v) is 7.99. The summed E-state index contributed by atoms with van der Waals surface area (Å²) in [7, 11) is 0. The Morgan fingerprint density at radius 2 is 1.91 bits per heavy atom. The molecule has 1 aliphatic carbocycles. The highest BCUT2D eigenvalue weighted by atomic mass is 35.5. The van der Waals surface area contributed by atoms with E-state index in [1.165, 1.54) is 0 Å². The molecule has 1 heterocycles. The second-order valence-electron chi connectivity index (χ2n) is 7.56. The lowest BCUT2D eigenvalue weighted by Crippen LogP contribution is -2.47. The Kier molecular flexibility index (Phi) is 3.91. The van der Waals surface area contributed by atoms with Crippen LogP contribution in [0.3, 0.4) is 0 Å². The monoisotopic (exact) mass is 335 g/mol. The fourth-order valence-electron chi connectivity index (χ4n) is 3.51. The highest BCUT2D eigenvalue weighted by molar-refractivity contribution is 6.30. The van der Waals surface area contributed by atoms with Crippen molar-refractivity contribution >= 4 is 23.5 Å². The number of halogens is 1. The number of ether oxygens (including phenoxy) is 1. The van der Waals surface area contributed by atoms with Crippen LogP contribution in [0.5, 0.6) is 0 Å². The molecular formula is C18H22ClNO3. The molecule has 1 saturated heterocycles. The second kappa shape index (κ2) is 5.52. The van der Waals surface area contributed by atoms with E-state index in [0.29, 0.717) is 31.0 Å². The average molecular weight is 336 g/mol. The van der Waals surface area contributed by atoms with Crippen LogP contribution >= 0.6 is 11.6 Å². The van der Waals surface area contributed by atoms with Crippen LogP contribution < -0.4 is 0 Å². The Bertz CT molecular complexity index is 655. The molecule has 0 radical (unpaired) electrons. The van der Waals surface area contributed by atoms with Gasteiger partial charge in [0.15, 0.2) is 5.78 Å². The third-order valence-electron chi connectivity index (χ3n) is 4.69. The molecule has 5 heteroatoms. The van der Waals surface area contributed by atoms with Crippen LogP contribution in [0.2, 0.25) is 5.02 Å². The Balaban J connectivity index is 1.70. The zero-order valence-electron chi connectivity index (χ0n) is 13.8. The summed E-state index contributed by atoms with van der Waals surface area (Å²) in [5.74, 6) is 0.202. The Labute approximate surface area is 141 Å². The number of hydrogen-bond donors (Lipinski definition) is 0. The van der Waals surface area contributed by atoms with Gasteiger partial charge >= 0.3 is 6.09 Å². The molecular weight excluding hydrogens is 314 g/mol. The number of Topliss-reactive ketones (excluding diaryl/α,β-unsaturated/α-hetero) is 1. The van der Waals surface area contributed by atoms with Crippen LogP contribution in [0.25, 0.3) is 0 Å². The van der Waals surface area contributed by atoms with Crippen LogP contribution in [-0.2, 0) is 11.2 Å². The van der Waals surface area contributed by atoms with Gasteiger partial charge < -0.3 is 9.64 Å². The molecule has 0 bridgehead atoms. The van der Waals surface area contributed by atoms with Crippen molar-refractivity contribution in [1.29, 1.82) is 0 Å². The number of likely N-dealkylation sites (tertiary alicyclic amines) is 1. The van der Waals surface area contributed by atoms with Crippen LogP contribution in [-0.4, -0.2) is 35.5 Å². The zero-order valence-corrected chi connectivity index (χ0v) is 14.6. The first-order valence-electron chi connectivity index (χ1n) is 8.01. The minimum atomic E-state index is -0.498. The third-order valence-corrected chi connectivity index (χ3v) is 4.93. The van der Waals surface area contributed by atoms with Crippen LogP contribution in [0.15, 0.2) is 18.2 Å². The molecule has 1 amide bonds. The molecule has 124 valence electrons. The van der Waals surface area contributed by atoms with E-state index >= 15 is 0 Å². The molecule has 0 aromatic heterocycles. The van der Waals surface area contributed by atoms with Gasteiger partial charge in [0.05, 0.1) is 0 Å². The topological polar surface area (TPSA) is 46.6 Å². The van der Waals surface area contributed by atoms with Gasteiger partial charge in [-0.05, 0) is 63.8 Å². The van der Waals surface area contributed by atoms with Gasteiger partial charge in [0.2, 0.25) is 0 Å². The lowest BCUT2D eigenvalue weighted by molar-refractivity contribution is 0.0114. The maximum Gasteiger partial charge on any atom is 0.410 e. The maximum atomic E-state index is 12.8. The van der Waals surface area contributed by atoms with Gasteiger partial charge in [-0.2, -0.15) is 0 Å². The largest absolute Gasteiger partial charge is 0.444 e. The molecule has 1 aliphatic heterocycles. The highest BCUT2D eigenvalue weighted by Crippen LogP contribution is 2.45. The van der Waals surface area contributed by atoms with Crippen molar-refractivity contribution in [2.24, 2.45) is 5.41 Å². The molecule has 1 aromatic carbocycles. The smallest absolute Gasteiger partial charge is 0.410 e. The van der Waals surface area contributed by atoms with Crippen molar-refractivity contribution < 1.29 is 14.3 Å². The zero-order chi connectivity index (χ0) is 16.8. The predicted octanol–water partition coefficient (Wildman–Crippen LogP) is 4.10. The van der Waals surface area contributed by atoms with Crippen molar-refractivity contribution in [3.05, 3.63) is 34.3 Å². The molecule has 1 aromatic rings. The van der Waals surface area contributed by atoms with E-state index in [9.17, 15) is 9.59 Å². The molecule has 4 nitrogen and oxygen atoms in total. The normalized spacial score (nSPS) is 19.8. The first kappa shape index (κ1) is 16.3. The van der Waals surface area contributed by atoms with Crippen molar-refractivity contribution in [1.82, 2.24) is 4.90 Å². The van der Waals surface area contributed by atoms with Crippen LogP contribution in [0.1, 0.15) is 49.5 Å². The van der Waals surface area contributed by atoms with E-state index < -0.39 is 5.60 Å². The number of fused-ring (bicyclic) bond motifs is 1. The first-order chi connectivity index (χ1) is 10.7. The number of piperidine rings is 1. The summed E-state index contributed by atoms with van der Waals surface area (Å²) in [5, 5.41) is 0.666. The molecule has 3 rings (SSSR count). The van der Waals surface area contributed by atoms with Crippen LogP contribution in [0.4, 0.5) is 4.79 Å². The fraction of sp³-hybridized carbons (Fsp3) is 0.556. The van der Waals surface area contributed by atoms with E-state index in [-0.39, 0.29) is 17.3 Å². The van der Waals surface area contributed by atoms with E-state index in [1.807, 2.05) is 32.9 Å². The summed E-state index contributed by atoms with van der Waals surface area (Å²) >= 11 is 6.04. The molecule has 0 saturated carbocycles. The summed E-state index contributed by atoms with van der Waals surface area (Å²) in [6.45, 7) is 6.69. The van der Waals surface area contributed by atoms with Gasteiger partial charge in [0, 0.05) is 29.1 Å². The molecule has 23 heavy (non-hydrogen) atoms. The molecule has 0 unspecified atom stereocenters. The molecule has 0 N–H and O–H groups in total. The predicted molar refractivity (Wildman–Crippen MR) is 89.0 cm³/mol. The molecule has 2 aliphatic rings.